The lowest BCUT2D eigenvalue weighted by Gasteiger charge is -2.18. The standard InChI is InChI=1S/C19H16ClF3N4O/c1-2-16(12-7-9-24-10-8-12)26-18(28)15-11-25-27(17(15)19(21,22)23)14-5-3-13(20)4-6-14/h3-11,16H,2H2,1H3,(H,26,28). The van der Waals surface area contributed by atoms with Gasteiger partial charge in [-0.2, -0.15) is 18.3 Å². The number of rotatable bonds is 5. The molecule has 1 aromatic carbocycles. The monoisotopic (exact) mass is 408 g/mol. The number of aromatic nitrogens is 3. The summed E-state index contributed by atoms with van der Waals surface area (Å²) in [6.45, 7) is 1.83. The summed E-state index contributed by atoms with van der Waals surface area (Å²) < 4.78 is 41.9. The molecule has 1 unspecified atom stereocenters. The summed E-state index contributed by atoms with van der Waals surface area (Å²) in [6.07, 6.45) is -0.233. The Morgan fingerprint density at radius 2 is 1.82 bits per heavy atom. The summed E-state index contributed by atoms with van der Waals surface area (Å²) in [5, 5.41) is 6.82. The van der Waals surface area contributed by atoms with Crippen molar-refractivity contribution < 1.29 is 18.0 Å². The molecule has 3 aromatic rings. The van der Waals surface area contributed by atoms with Crippen LogP contribution < -0.4 is 5.32 Å². The van der Waals surface area contributed by atoms with Crippen molar-refractivity contribution >= 4 is 17.5 Å². The molecule has 1 amide bonds. The molecule has 146 valence electrons. The maximum absolute atomic E-state index is 13.7. The summed E-state index contributed by atoms with van der Waals surface area (Å²) in [6, 6.07) is 8.67. The van der Waals surface area contributed by atoms with Crippen LogP contribution in [-0.4, -0.2) is 20.7 Å². The summed E-state index contributed by atoms with van der Waals surface area (Å²) >= 11 is 5.80. The third-order valence-corrected chi connectivity index (χ3v) is 4.43. The Morgan fingerprint density at radius 1 is 1.18 bits per heavy atom. The molecular weight excluding hydrogens is 393 g/mol. The third-order valence-electron chi connectivity index (χ3n) is 4.18. The van der Waals surface area contributed by atoms with E-state index in [0.29, 0.717) is 16.1 Å². The lowest BCUT2D eigenvalue weighted by atomic mass is 10.1. The molecule has 0 aliphatic rings. The molecule has 3 rings (SSSR count). The highest BCUT2D eigenvalue weighted by Crippen LogP contribution is 2.34. The number of carbonyl (C=O) groups is 1. The van der Waals surface area contributed by atoms with E-state index in [9.17, 15) is 18.0 Å². The van der Waals surface area contributed by atoms with E-state index in [1.54, 1.807) is 24.5 Å². The number of alkyl halides is 3. The maximum atomic E-state index is 13.7. The maximum Gasteiger partial charge on any atom is 0.434 e. The van der Waals surface area contributed by atoms with Crippen molar-refractivity contribution in [2.75, 3.05) is 0 Å². The van der Waals surface area contributed by atoms with Gasteiger partial charge in [0.25, 0.3) is 5.91 Å². The summed E-state index contributed by atoms with van der Waals surface area (Å²) in [5.74, 6) is -0.851. The van der Waals surface area contributed by atoms with Gasteiger partial charge in [-0.15, -0.1) is 0 Å². The fourth-order valence-electron chi connectivity index (χ4n) is 2.82. The number of hydrogen-bond donors (Lipinski definition) is 1. The number of halogens is 4. The Morgan fingerprint density at radius 3 is 2.39 bits per heavy atom. The molecule has 0 spiro atoms. The second kappa shape index (κ2) is 8.02. The van der Waals surface area contributed by atoms with Crippen molar-refractivity contribution in [3.05, 3.63) is 76.8 Å². The van der Waals surface area contributed by atoms with Gasteiger partial charge in [0.15, 0.2) is 5.69 Å². The van der Waals surface area contributed by atoms with Gasteiger partial charge in [0.2, 0.25) is 0 Å². The van der Waals surface area contributed by atoms with Crippen molar-refractivity contribution in [2.45, 2.75) is 25.6 Å². The Labute approximate surface area is 164 Å². The molecule has 5 nitrogen and oxygen atoms in total. The smallest absolute Gasteiger partial charge is 0.345 e. The number of benzene rings is 1. The van der Waals surface area contributed by atoms with Crippen LogP contribution in [0.4, 0.5) is 13.2 Å². The first kappa shape index (κ1) is 19.9. The van der Waals surface area contributed by atoms with Gasteiger partial charge in [-0.25, -0.2) is 4.68 Å². The van der Waals surface area contributed by atoms with E-state index in [1.165, 1.54) is 24.3 Å². The average molecular weight is 409 g/mol. The normalized spacial score (nSPS) is 12.6. The lowest BCUT2D eigenvalue weighted by Crippen LogP contribution is -2.30. The van der Waals surface area contributed by atoms with Crippen LogP contribution >= 0.6 is 11.6 Å². The first-order valence-corrected chi connectivity index (χ1v) is 8.81. The van der Waals surface area contributed by atoms with Crippen LogP contribution in [0, 0.1) is 0 Å². The Bertz CT molecular complexity index is 956. The minimum absolute atomic E-state index is 0.150. The van der Waals surface area contributed by atoms with E-state index in [2.05, 4.69) is 15.4 Å². The highest BCUT2D eigenvalue weighted by atomic mass is 35.5. The highest BCUT2D eigenvalue weighted by Gasteiger charge is 2.40. The molecule has 0 aliphatic carbocycles. The van der Waals surface area contributed by atoms with Gasteiger partial charge >= 0.3 is 6.18 Å². The molecule has 2 heterocycles. The van der Waals surface area contributed by atoms with Crippen molar-refractivity contribution in [1.29, 1.82) is 0 Å². The fraction of sp³-hybridized carbons (Fsp3) is 0.211. The third kappa shape index (κ3) is 4.17. The molecule has 9 heteroatoms. The van der Waals surface area contributed by atoms with Crippen LogP contribution in [0.1, 0.15) is 41.0 Å². The van der Waals surface area contributed by atoms with Gasteiger partial charge < -0.3 is 5.32 Å². The topological polar surface area (TPSA) is 59.8 Å². The molecule has 28 heavy (non-hydrogen) atoms. The molecule has 2 aromatic heterocycles. The van der Waals surface area contributed by atoms with Gasteiger partial charge in [0.1, 0.15) is 0 Å². The summed E-state index contributed by atoms with van der Waals surface area (Å²) in [7, 11) is 0. The van der Waals surface area contributed by atoms with E-state index < -0.39 is 29.4 Å². The fourth-order valence-corrected chi connectivity index (χ4v) is 2.94. The molecule has 0 aliphatic heterocycles. The predicted molar refractivity (Wildman–Crippen MR) is 98.3 cm³/mol. The molecule has 1 atom stereocenters. The number of nitrogens with one attached hydrogen (secondary N) is 1. The van der Waals surface area contributed by atoms with Crippen LogP contribution in [0.25, 0.3) is 5.69 Å². The molecular formula is C19H16ClF3N4O. The molecule has 0 saturated heterocycles. The quantitative estimate of drug-likeness (QED) is 0.658. The van der Waals surface area contributed by atoms with Gasteiger partial charge in [-0.1, -0.05) is 18.5 Å². The predicted octanol–water partition coefficient (Wildman–Crippen LogP) is 4.82. The van der Waals surface area contributed by atoms with Crippen LogP contribution in [0.5, 0.6) is 0 Å². The van der Waals surface area contributed by atoms with Crippen molar-refractivity contribution in [1.82, 2.24) is 20.1 Å². The van der Waals surface area contributed by atoms with E-state index in [-0.39, 0.29) is 5.69 Å². The zero-order valence-electron chi connectivity index (χ0n) is 14.7. The number of amides is 1. The number of carbonyl (C=O) groups excluding carboxylic acids is 1. The van der Waals surface area contributed by atoms with Gasteiger partial charge in [-0.3, -0.25) is 9.78 Å². The summed E-state index contributed by atoms with van der Waals surface area (Å²) in [4.78, 5) is 16.6. The molecule has 0 bridgehead atoms. The number of pyridine rings is 1. The second-order valence-corrected chi connectivity index (χ2v) is 6.44. The zero-order valence-corrected chi connectivity index (χ0v) is 15.5. The minimum Gasteiger partial charge on any atom is -0.345 e. The van der Waals surface area contributed by atoms with Crippen LogP contribution in [0.15, 0.2) is 55.0 Å². The summed E-state index contributed by atoms with van der Waals surface area (Å²) in [5.41, 5.74) is -0.784. The zero-order chi connectivity index (χ0) is 20.3. The van der Waals surface area contributed by atoms with E-state index in [4.69, 9.17) is 11.6 Å². The molecule has 0 radical (unpaired) electrons. The number of hydrogen-bond acceptors (Lipinski definition) is 3. The van der Waals surface area contributed by atoms with E-state index in [1.807, 2.05) is 6.92 Å². The second-order valence-electron chi connectivity index (χ2n) is 6.01. The average Bonchev–Trinajstić information content (AvgIpc) is 3.13. The van der Waals surface area contributed by atoms with Gasteiger partial charge in [-0.05, 0) is 48.4 Å². The Hall–Kier alpha value is -2.87. The first-order valence-electron chi connectivity index (χ1n) is 8.43. The van der Waals surface area contributed by atoms with Crippen molar-refractivity contribution in [3.63, 3.8) is 0 Å². The lowest BCUT2D eigenvalue weighted by molar-refractivity contribution is -0.143. The van der Waals surface area contributed by atoms with Crippen molar-refractivity contribution in [3.8, 4) is 5.69 Å². The SMILES string of the molecule is CCC(NC(=O)c1cnn(-c2ccc(Cl)cc2)c1C(F)(F)F)c1ccncc1. The highest BCUT2D eigenvalue weighted by molar-refractivity contribution is 6.30. The Balaban J connectivity index is 1.97. The van der Waals surface area contributed by atoms with Gasteiger partial charge in [0.05, 0.1) is 23.5 Å². The molecule has 0 saturated carbocycles. The van der Waals surface area contributed by atoms with E-state index >= 15 is 0 Å². The molecule has 0 fully saturated rings. The molecule has 1 N–H and O–H groups in total. The van der Waals surface area contributed by atoms with Crippen molar-refractivity contribution in [2.24, 2.45) is 0 Å². The minimum atomic E-state index is -4.78. The van der Waals surface area contributed by atoms with Crippen LogP contribution in [0.2, 0.25) is 5.02 Å². The first-order chi connectivity index (χ1) is 13.3. The van der Waals surface area contributed by atoms with Crippen LogP contribution in [-0.2, 0) is 6.18 Å². The van der Waals surface area contributed by atoms with E-state index in [0.717, 1.165) is 11.8 Å². The number of nitrogens with zero attached hydrogens (tertiary/aromatic N) is 3. The van der Waals surface area contributed by atoms with Gasteiger partial charge in [0, 0.05) is 17.4 Å². The van der Waals surface area contributed by atoms with Crippen LogP contribution in [0.3, 0.4) is 0 Å². The largest absolute Gasteiger partial charge is 0.434 e. The Kier molecular flexibility index (Phi) is 5.69.